The van der Waals surface area contributed by atoms with Gasteiger partial charge in [0.15, 0.2) is 0 Å². The fourth-order valence-electron chi connectivity index (χ4n) is 2.72. The van der Waals surface area contributed by atoms with Crippen LogP contribution < -0.4 is 5.73 Å². The van der Waals surface area contributed by atoms with Crippen LogP contribution in [0, 0.1) is 11.6 Å². The lowest BCUT2D eigenvalue weighted by molar-refractivity contribution is 0.195. The van der Waals surface area contributed by atoms with Gasteiger partial charge in [-0.15, -0.1) is 0 Å². The highest BCUT2D eigenvalue weighted by atomic mass is 32.2. The van der Waals surface area contributed by atoms with Crippen molar-refractivity contribution >= 4 is 10.0 Å². The van der Waals surface area contributed by atoms with E-state index in [-0.39, 0.29) is 18.6 Å². The van der Waals surface area contributed by atoms with E-state index in [1.165, 1.54) is 4.31 Å². The molecule has 1 fully saturated rings. The van der Waals surface area contributed by atoms with Crippen molar-refractivity contribution in [2.45, 2.75) is 43.2 Å². The normalized spacial score (nSPS) is 24.8. The van der Waals surface area contributed by atoms with Crippen molar-refractivity contribution < 1.29 is 17.2 Å². The van der Waals surface area contributed by atoms with E-state index in [0.717, 1.165) is 18.6 Å². The average Bonchev–Trinajstić information content (AvgIpc) is 2.37. The number of benzene rings is 1. The summed E-state index contributed by atoms with van der Waals surface area (Å²) in [5.74, 6) is -1.87. The van der Waals surface area contributed by atoms with E-state index in [2.05, 4.69) is 0 Å². The molecule has 2 atom stereocenters. The minimum Gasteiger partial charge on any atom is -0.329 e. The van der Waals surface area contributed by atoms with Crippen LogP contribution in [0.25, 0.3) is 0 Å². The van der Waals surface area contributed by atoms with Gasteiger partial charge < -0.3 is 5.73 Å². The highest BCUT2D eigenvalue weighted by molar-refractivity contribution is 7.89. The second-order valence-corrected chi connectivity index (χ2v) is 6.89. The Balaban J connectivity index is 2.47. The number of sulfonamides is 1. The largest absolute Gasteiger partial charge is 0.329 e. The zero-order valence-electron chi connectivity index (χ0n) is 11.2. The lowest BCUT2D eigenvalue weighted by atomic mass is 10.00. The first-order valence-corrected chi connectivity index (χ1v) is 8.00. The van der Waals surface area contributed by atoms with Gasteiger partial charge in [-0.25, -0.2) is 17.2 Å². The molecule has 2 N–H and O–H groups in total. The Kier molecular flexibility index (Phi) is 4.41. The molecule has 2 unspecified atom stereocenters. The maximum absolute atomic E-state index is 13.8. The zero-order chi connectivity index (χ0) is 14.9. The van der Waals surface area contributed by atoms with Crippen LogP contribution in [-0.2, 0) is 10.0 Å². The van der Waals surface area contributed by atoms with Gasteiger partial charge in [0.05, 0.1) is 0 Å². The third-order valence-electron chi connectivity index (χ3n) is 3.68. The number of hydrogen-bond acceptors (Lipinski definition) is 3. The van der Waals surface area contributed by atoms with Crippen molar-refractivity contribution in [3.8, 4) is 0 Å². The van der Waals surface area contributed by atoms with Crippen LogP contribution >= 0.6 is 0 Å². The van der Waals surface area contributed by atoms with E-state index in [9.17, 15) is 17.2 Å². The lowest BCUT2D eigenvalue weighted by Crippen LogP contribution is -2.51. The van der Waals surface area contributed by atoms with Crippen LogP contribution in [0.1, 0.15) is 26.2 Å². The van der Waals surface area contributed by atoms with E-state index in [1.54, 1.807) is 6.92 Å². The second kappa shape index (κ2) is 5.75. The van der Waals surface area contributed by atoms with Gasteiger partial charge in [0.25, 0.3) is 0 Å². The molecular formula is C13H18F2N2O2S. The highest BCUT2D eigenvalue weighted by Crippen LogP contribution is 2.30. The molecule has 0 bridgehead atoms. The fraction of sp³-hybridized carbons (Fsp3) is 0.538. The fourth-order valence-corrected chi connectivity index (χ4v) is 4.65. The summed E-state index contributed by atoms with van der Waals surface area (Å²) in [6.45, 7) is 1.97. The van der Waals surface area contributed by atoms with Crippen LogP contribution in [0.3, 0.4) is 0 Å². The van der Waals surface area contributed by atoms with Crippen LogP contribution in [0.2, 0.25) is 0 Å². The third-order valence-corrected chi connectivity index (χ3v) is 5.78. The Bertz CT molecular complexity index is 592. The SMILES string of the molecule is CC1CCCC(CN)N1S(=O)(=O)c1ccc(F)cc1F. The highest BCUT2D eigenvalue weighted by Gasteiger charge is 2.38. The Morgan fingerprint density at radius 3 is 2.65 bits per heavy atom. The summed E-state index contributed by atoms with van der Waals surface area (Å²) in [5.41, 5.74) is 5.63. The topological polar surface area (TPSA) is 63.4 Å². The second-order valence-electron chi connectivity index (χ2n) is 5.08. The summed E-state index contributed by atoms with van der Waals surface area (Å²) in [5, 5.41) is 0. The van der Waals surface area contributed by atoms with Gasteiger partial charge in [-0.3, -0.25) is 0 Å². The monoisotopic (exact) mass is 304 g/mol. The lowest BCUT2D eigenvalue weighted by Gasteiger charge is -2.38. The molecule has 1 heterocycles. The number of hydrogen-bond donors (Lipinski definition) is 1. The summed E-state index contributed by atoms with van der Waals surface area (Å²) in [4.78, 5) is -0.494. The molecule has 112 valence electrons. The van der Waals surface area contributed by atoms with Gasteiger partial charge in [0, 0.05) is 24.7 Å². The summed E-state index contributed by atoms with van der Waals surface area (Å²) >= 11 is 0. The molecule has 7 heteroatoms. The van der Waals surface area contributed by atoms with Crippen molar-refractivity contribution in [3.63, 3.8) is 0 Å². The molecule has 0 saturated carbocycles. The van der Waals surface area contributed by atoms with Gasteiger partial charge in [-0.1, -0.05) is 6.42 Å². The average molecular weight is 304 g/mol. The van der Waals surface area contributed by atoms with Gasteiger partial charge in [-0.2, -0.15) is 4.31 Å². The molecule has 4 nitrogen and oxygen atoms in total. The van der Waals surface area contributed by atoms with Crippen molar-refractivity contribution in [1.29, 1.82) is 0 Å². The van der Waals surface area contributed by atoms with Crippen LogP contribution in [-0.4, -0.2) is 31.4 Å². The van der Waals surface area contributed by atoms with Crippen LogP contribution in [0.4, 0.5) is 8.78 Å². The predicted octanol–water partition coefficient (Wildman–Crippen LogP) is 1.86. The first kappa shape index (κ1) is 15.3. The van der Waals surface area contributed by atoms with E-state index < -0.39 is 26.6 Å². The number of nitrogens with two attached hydrogens (primary N) is 1. The Morgan fingerprint density at radius 2 is 2.05 bits per heavy atom. The minimum atomic E-state index is -4.01. The summed E-state index contributed by atoms with van der Waals surface area (Å²) in [6.07, 6.45) is 2.25. The smallest absolute Gasteiger partial charge is 0.246 e. The molecule has 1 aliphatic heterocycles. The van der Waals surface area contributed by atoms with Crippen LogP contribution in [0.5, 0.6) is 0 Å². The zero-order valence-corrected chi connectivity index (χ0v) is 12.0. The number of nitrogens with zero attached hydrogens (tertiary/aromatic N) is 1. The van der Waals surface area contributed by atoms with Crippen molar-refractivity contribution in [2.75, 3.05) is 6.54 Å². The molecule has 1 aliphatic rings. The Hall–Kier alpha value is -1.05. The van der Waals surface area contributed by atoms with Crippen molar-refractivity contribution in [2.24, 2.45) is 5.73 Å². The van der Waals surface area contributed by atoms with Crippen LogP contribution in [0.15, 0.2) is 23.1 Å². The van der Waals surface area contributed by atoms with Gasteiger partial charge in [0.1, 0.15) is 16.5 Å². The molecular weight excluding hydrogens is 286 g/mol. The molecule has 0 radical (unpaired) electrons. The molecule has 1 aromatic carbocycles. The van der Waals surface area contributed by atoms with Gasteiger partial charge >= 0.3 is 0 Å². The summed E-state index contributed by atoms with van der Waals surface area (Å²) in [6, 6.07) is 1.91. The quantitative estimate of drug-likeness (QED) is 0.927. The molecule has 0 spiro atoms. The third kappa shape index (κ3) is 2.70. The molecule has 2 rings (SSSR count). The maximum atomic E-state index is 13.8. The van der Waals surface area contributed by atoms with E-state index in [4.69, 9.17) is 5.73 Å². The minimum absolute atomic E-state index is 0.187. The molecule has 0 amide bonds. The molecule has 0 aliphatic carbocycles. The Morgan fingerprint density at radius 1 is 1.35 bits per heavy atom. The number of halogens is 2. The van der Waals surface area contributed by atoms with E-state index in [0.29, 0.717) is 18.9 Å². The number of rotatable bonds is 3. The van der Waals surface area contributed by atoms with Crippen molar-refractivity contribution in [1.82, 2.24) is 4.31 Å². The molecule has 1 saturated heterocycles. The first-order valence-electron chi connectivity index (χ1n) is 6.56. The van der Waals surface area contributed by atoms with E-state index in [1.807, 2.05) is 0 Å². The standard InChI is InChI=1S/C13H18F2N2O2S/c1-9-3-2-4-11(8-16)17(9)20(18,19)13-6-5-10(14)7-12(13)15/h5-7,9,11H,2-4,8,16H2,1H3. The Labute approximate surface area is 117 Å². The summed E-state index contributed by atoms with van der Waals surface area (Å²) in [7, 11) is -4.01. The first-order chi connectivity index (χ1) is 9.37. The number of piperidine rings is 1. The molecule has 1 aromatic rings. The molecule has 20 heavy (non-hydrogen) atoms. The van der Waals surface area contributed by atoms with Gasteiger partial charge in [0.2, 0.25) is 10.0 Å². The maximum Gasteiger partial charge on any atom is 0.246 e. The predicted molar refractivity (Wildman–Crippen MR) is 71.5 cm³/mol. The molecule has 0 aromatic heterocycles. The van der Waals surface area contributed by atoms with E-state index >= 15 is 0 Å². The van der Waals surface area contributed by atoms with Gasteiger partial charge in [-0.05, 0) is 31.9 Å². The summed E-state index contributed by atoms with van der Waals surface area (Å²) < 4.78 is 53.2. The van der Waals surface area contributed by atoms with Crippen molar-refractivity contribution in [3.05, 3.63) is 29.8 Å².